The molecule has 174 valence electrons. The number of amidine groups is 2. The number of rotatable bonds is 6. The molecule has 1 aromatic heterocycles. The largest absolute Gasteiger partial charge is 0.394 e. The molecule has 1 N–H and O–H groups in total. The molecule has 3 aliphatic heterocycles. The number of amides is 2. The number of benzene rings is 1. The maximum Gasteiger partial charge on any atom is 0.264 e. The Balaban J connectivity index is 1.33. The summed E-state index contributed by atoms with van der Waals surface area (Å²) in [6.07, 6.45) is 1.96. The van der Waals surface area contributed by atoms with E-state index >= 15 is 0 Å². The second kappa shape index (κ2) is 9.57. The number of carbonyl (C=O) groups excluding carboxylic acids is 2. The Kier molecular flexibility index (Phi) is 6.35. The highest BCUT2D eigenvalue weighted by molar-refractivity contribution is 8.14. The quantitative estimate of drug-likeness (QED) is 0.658. The number of carbonyl (C=O) groups is 2. The van der Waals surface area contributed by atoms with E-state index in [4.69, 9.17) is 0 Å². The normalized spacial score (nSPS) is 21.5. The smallest absolute Gasteiger partial charge is 0.264 e. The third kappa shape index (κ3) is 4.43. The monoisotopic (exact) mass is 498 g/mol. The van der Waals surface area contributed by atoms with Crippen molar-refractivity contribution in [2.75, 3.05) is 18.9 Å². The molecule has 0 spiro atoms. The van der Waals surface area contributed by atoms with E-state index in [2.05, 4.69) is 20.2 Å². The lowest BCUT2D eigenvalue weighted by Gasteiger charge is -2.22. The number of hydrogen-bond donors (Lipinski definition) is 1. The van der Waals surface area contributed by atoms with Crippen LogP contribution in [0.4, 0.5) is 4.39 Å². The fourth-order valence-corrected chi connectivity index (χ4v) is 5.24. The molecule has 2 amide bonds. The molecule has 2 unspecified atom stereocenters. The first-order chi connectivity index (χ1) is 16.5. The van der Waals surface area contributed by atoms with Crippen molar-refractivity contribution in [3.05, 3.63) is 58.0 Å². The Morgan fingerprint density at radius 1 is 1.24 bits per heavy atom. The summed E-state index contributed by atoms with van der Waals surface area (Å²) in [6, 6.07) is 9.56. The Hall–Kier alpha value is -3.22. The van der Waals surface area contributed by atoms with Crippen molar-refractivity contribution in [1.82, 2.24) is 10.0 Å². The van der Waals surface area contributed by atoms with E-state index in [0.29, 0.717) is 12.3 Å². The molecule has 3 aliphatic rings. The molecule has 5 rings (SSSR count). The SMILES string of the molecule is O=C1N=C(SCC(=O)N2N=C(c3cccs3)CC2c2ccc(F)cc2)N=C2C1C=NN2CCO. The van der Waals surface area contributed by atoms with E-state index in [9.17, 15) is 19.1 Å². The number of thioether (sulfide) groups is 1. The number of aliphatic imine (C=N–C) groups is 2. The van der Waals surface area contributed by atoms with Gasteiger partial charge in [0.25, 0.3) is 11.8 Å². The van der Waals surface area contributed by atoms with Crippen LogP contribution in [-0.2, 0) is 9.59 Å². The van der Waals surface area contributed by atoms with Crippen LogP contribution in [0, 0.1) is 11.7 Å². The Labute approximate surface area is 202 Å². The van der Waals surface area contributed by atoms with Gasteiger partial charge in [-0.1, -0.05) is 30.0 Å². The highest BCUT2D eigenvalue weighted by Crippen LogP contribution is 2.34. The van der Waals surface area contributed by atoms with Crippen molar-refractivity contribution in [2.24, 2.45) is 26.1 Å². The fourth-order valence-electron chi connectivity index (χ4n) is 3.82. The fraction of sp³-hybridized carbons (Fsp3) is 0.273. The maximum absolute atomic E-state index is 13.5. The van der Waals surface area contributed by atoms with E-state index in [0.717, 1.165) is 27.9 Å². The zero-order valence-electron chi connectivity index (χ0n) is 17.7. The molecular formula is C22H19FN6O3S2. The number of halogens is 1. The summed E-state index contributed by atoms with van der Waals surface area (Å²) in [5.41, 5.74) is 1.57. The van der Waals surface area contributed by atoms with Crippen LogP contribution in [0.1, 0.15) is 22.9 Å². The minimum atomic E-state index is -0.661. The Bertz CT molecular complexity index is 1230. The van der Waals surface area contributed by atoms with Gasteiger partial charge in [0, 0.05) is 12.6 Å². The lowest BCUT2D eigenvalue weighted by molar-refractivity contribution is -0.130. The number of nitrogens with zero attached hydrogens (tertiary/aromatic N) is 6. The topological polar surface area (TPSA) is 110 Å². The number of aliphatic hydroxyl groups excluding tert-OH is 1. The van der Waals surface area contributed by atoms with Crippen molar-refractivity contribution in [2.45, 2.75) is 12.5 Å². The van der Waals surface area contributed by atoms with Gasteiger partial charge in [-0.25, -0.2) is 19.4 Å². The van der Waals surface area contributed by atoms with E-state index in [1.165, 1.54) is 28.4 Å². The highest BCUT2D eigenvalue weighted by Gasteiger charge is 2.37. The van der Waals surface area contributed by atoms with Crippen LogP contribution in [0.2, 0.25) is 0 Å². The third-order valence-electron chi connectivity index (χ3n) is 5.44. The molecule has 0 saturated carbocycles. The zero-order valence-corrected chi connectivity index (χ0v) is 19.4. The second-order valence-corrected chi connectivity index (χ2v) is 9.50. The molecule has 2 atom stereocenters. The summed E-state index contributed by atoms with van der Waals surface area (Å²) < 4.78 is 13.5. The van der Waals surface area contributed by atoms with E-state index in [1.54, 1.807) is 23.5 Å². The van der Waals surface area contributed by atoms with Gasteiger partial charge in [0.1, 0.15) is 17.6 Å². The van der Waals surface area contributed by atoms with Gasteiger partial charge in [-0.2, -0.15) is 15.2 Å². The van der Waals surface area contributed by atoms with Crippen molar-refractivity contribution >= 4 is 57.8 Å². The van der Waals surface area contributed by atoms with Crippen LogP contribution in [0.3, 0.4) is 0 Å². The van der Waals surface area contributed by atoms with Gasteiger partial charge in [-0.15, -0.1) is 11.3 Å². The summed E-state index contributed by atoms with van der Waals surface area (Å²) >= 11 is 2.58. The summed E-state index contributed by atoms with van der Waals surface area (Å²) in [5.74, 6) is -1.34. The molecule has 1 aromatic carbocycles. The Morgan fingerprint density at radius 2 is 2.06 bits per heavy atom. The molecule has 4 heterocycles. The molecule has 34 heavy (non-hydrogen) atoms. The van der Waals surface area contributed by atoms with E-state index in [-0.39, 0.29) is 41.8 Å². The van der Waals surface area contributed by atoms with Crippen molar-refractivity contribution in [3.63, 3.8) is 0 Å². The molecule has 0 aliphatic carbocycles. The summed E-state index contributed by atoms with van der Waals surface area (Å²) in [4.78, 5) is 34.9. The Morgan fingerprint density at radius 3 is 2.79 bits per heavy atom. The first-order valence-corrected chi connectivity index (χ1v) is 12.4. The second-order valence-electron chi connectivity index (χ2n) is 7.61. The van der Waals surface area contributed by atoms with E-state index < -0.39 is 11.8 Å². The van der Waals surface area contributed by atoms with Crippen LogP contribution >= 0.6 is 23.1 Å². The summed E-state index contributed by atoms with van der Waals surface area (Å²) in [5, 5.41) is 22.9. The van der Waals surface area contributed by atoms with Crippen molar-refractivity contribution < 1.29 is 19.1 Å². The molecule has 0 fully saturated rings. The number of β-amino-alcohol motifs (C(OH)–C–C–N with tert-alkyl or cyclic N) is 1. The number of thiophene rings is 1. The van der Waals surface area contributed by atoms with Crippen molar-refractivity contribution in [1.29, 1.82) is 0 Å². The zero-order chi connectivity index (χ0) is 23.7. The number of hydrazone groups is 2. The average Bonchev–Trinajstić information content (AvgIpc) is 3.58. The number of aliphatic hydroxyl groups is 1. The van der Waals surface area contributed by atoms with Gasteiger partial charge in [0.05, 0.1) is 35.5 Å². The molecule has 12 heteroatoms. The van der Waals surface area contributed by atoms with Gasteiger partial charge in [-0.3, -0.25) is 9.59 Å². The van der Waals surface area contributed by atoms with Crippen molar-refractivity contribution in [3.8, 4) is 0 Å². The van der Waals surface area contributed by atoms with Crippen LogP contribution in [-0.4, -0.2) is 68.8 Å². The summed E-state index contributed by atoms with van der Waals surface area (Å²) in [7, 11) is 0. The van der Waals surface area contributed by atoms with Gasteiger partial charge in [-0.05, 0) is 29.1 Å². The first kappa shape index (κ1) is 22.6. The molecule has 9 nitrogen and oxygen atoms in total. The van der Waals surface area contributed by atoms with Gasteiger partial charge < -0.3 is 5.11 Å². The number of fused-ring (bicyclic) bond motifs is 1. The minimum Gasteiger partial charge on any atom is -0.394 e. The maximum atomic E-state index is 13.5. The molecule has 0 saturated heterocycles. The van der Waals surface area contributed by atoms with Crippen LogP contribution in [0.5, 0.6) is 0 Å². The van der Waals surface area contributed by atoms with Crippen LogP contribution < -0.4 is 0 Å². The molecule has 0 radical (unpaired) electrons. The lowest BCUT2D eigenvalue weighted by Crippen LogP contribution is -2.36. The molecule has 2 aromatic rings. The average molecular weight is 499 g/mol. The summed E-state index contributed by atoms with van der Waals surface area (Å²) in [6.45, 7) is 0.0724. The molecule has 0 bridgehead atoms. The minimum absolute atomic E-state index is 0.0344. The third-order valence-corrected chi connectivity index (χ3v) is 7.19. The lowest BCUT2D eigenvalue weighted by atomic mass is 10.0. The number of hydrogen-bond acceptors (Lipinski definition) is 9. The van der Waals surface area contributed by atoms with Gasteiger partial charge in [0.15, 0.2) is 5.17 Å². The standard InChI is InChI=1S/C22H19FN6O3S2/c23-14-5-3-13(4-6-14)17-10-16(18-2-1-9-33-18)27-29(17)19(31)12-34-22-25-20-15(21(32)26-22)11-24-28(20)7-8-30/h1-6,9,11,15,17,30H,7-8,10,12H2. The first-order valence-electron chi connectivity index (χ1n) is 10.5. The predicted molar refractivity (Wildman–Crippen MR) is 130 cm³/mol. The van der Waals surface area contributed by atoms with Gasteiger partial charge in [0.2, 0.25) is 0 Å². The van der Waals surface area contributed by atoms with E-state index in [1.807, 2.05) is 17.5 Å². The van der Waals surface area contributed by atoms with Gasteiger partial charge >= 0.3 is 0 Å². The van der Waals surface area contributed by atoms with Crippen LogP contribution in [0.25, 0.3) is 0 Å². The molecular weight excluding hydrogens is 479 g/mol. The predicted octanol–water partition coefficient (Wildman–Crippen LogP) is 2.50. The highest BCUT2D eigenvalue weighted by atomic mass is 32.2. The van der Waals surface area contributed by atoms with Crippen LogP contribution in [0.15, 0.2) is 62.0 Å².